The quantitative estimate of drug-likeness (QED) is 0.866. The number of carbonyl (C=O) groups is 1. The summed E-state index contributed by atoms with van der Waals surface area (Å²) >= 11 is 0. The second-order valence-corrected chi connectivity index (χ2v) is 6.46. The van der Waals surface area contributed by atoms with Crippen molar-refractivity contribution >= 4 is 11.6 Å². The summed E-state index contributed by atoms with van der Waals surface area (Å²) in [5.41, 5.74) is 2.33. The maximum absolute atomic E-state index is 12.3. The lowest BCUT2D eigenvalue weighted by Gasteiger charge is -2.25. The SMILES string of the molecule is CC(C)C(CNC(=O)[C@@H]1Cc2ccccc2N1)C(C)C. The van der Waals surface area contributed by atoms with Gasteiger partial charge in [-0.25, -0.2) is 0 Å². The van der Waals surface area contributed by atoms with Crippen molar-refractivity contribution in [1.82, 2.24) is 5.32 Å². The molecule has 110 valence electrons. The Hall–Kier alpha value is -1.51. The first kappa shape index (κ1) is 14.9. The molecule has 1 heterocycles. The van der Waals surface area contributed by atoms with Crippen molar-refractivity contribution in [3.63, 3.8) is 0 Å². The van der Waals surface area contributed by atoms with E-state index in [0.29, 0.717) is 17.8 Å². The molecule has 1 aromatic carbocycles. The van der Waals surface area contributed by atoms with Crippen LogP contribution in [-0.2, 0) is 11.2 Å². The molecule has 0 radical (unpaired) electrons. The van der Waals surface area contributed by atoms with Crippen LogP contribution < -0.4 is 10.6 Å². The van der Waals surface area contributed by atoms with Crippen LogP contribution in [0.4, 0.5) is 5.69 Å². The van der Waals surface area contributed by atoms with Crippen molar-refractivity contribution in [3.8, 4) is 0 Å². The van der Waals surface area contributed by atoms with Crippen LogP contribution in [0.5, 0.6) is 0 Å². The summed E-state index contributed by atoms with van der Waals surface area (Å²) in [7, 11) is 0. The summed E-state index contributed by atoms with van der Waals surface area (Å²) < 4.78 is 0. The molecule has 2 N–H and O–H groups in total. The second-order valence-electron chi connectivity index (χ2n) is 6.46. The molecule has 0 saturated carbocycles. The number of carbonyl (C=O) groups excluding carboxylic acids is 1. The zero-order chi connectivity index (χ0) is 14.7. The highest BCUT2D eigenvalue weighted by Crippen LogP contribution is 2.25. The van der Waals surface area contributed by atoms with Crippen molar-refractivity contribution < 1.29 is 4.79 Å². The van der Waals surface area contributed by atoms with Gasteiger partial charge in [0.05, 0.1) is 0 Å². The van der Waals surface area contributed by atoms with E-state index in [1.165, 1.54) is 5.56 Å². The van der Waals surface area contributed by atoms with Gasteiger partial charge < -0.3 is 10.6 Å². The summed E-state index contributed by atoms with van der Waals surface area (Å²) in [4.78, 5) is 12.3. The van der Waals surface area contributed by atoms with E-state index >= 15 is 0 Å². The first-order chi connectivity index (χ1) is 9.49. The van der Waals surface area contributed by atoms with E-state index in [2.05, 4.69) is 44.4 Å². The predicted molar refractivity (Wildman–Crippen MR) is 83.7 cm³/mol. The van der Waals surface area contributed by atoms with Crippen molar-refractivity contribution in [3.05, 3.63) is 29.8 Å². The molecule has 0 aromatic heterocycles. The fraction of sp³-hybridized carbons (Fsp3) is 0.588. The maximum Gasteiger partial charge on any atom is 0.242 e. The van der Waals surface area contributed by atoms with Crippen LogP contribution in [0.15, 0.2) is 24.3 Å². The van der Waals surface area contributed by atoms with Crippen LogP contribution in [-0.4, -0.2) is 18.5 Å². The van der Waals surface area contributed by atoms with Gasteiger partial charge in [0.2, 0.25) is 5.91 Å². The third kappa shape index (κ3) is 3.33. The molecule has 3 nitrogen and oxygen atoms in total. The Kier molecular flexibility index (Phi) is 4.69. The molecule has 1 aliphatic heterocycles. The van der Waals surface area contributed by atoms with E-state index in [0.717, 1.165) is 18.7 Å². The van der Waals surface area contributed by atoms with Crippen molar-refractivity contribution in [2.24, 2.45) is 17.8 Å². The molecule has 0 aliphatic carbocycles. The van der Waals surface area contributed by atoms with E-state index in [1.807, 2.05) is 18.2 Å². The van der Waals surface area contributed by atoms with Gasteiger partial charge in [-0.15, -0.1) is 0 Å². The minimum atomic E-state index is -0.118. The number of para-hydroxylation sites is 1. The average molecular weight is 274 g/mol. The number of anilines is 1. The van der Waals surface area contributed by atoms with E-state index in [1.54, 1.807) is 0 Å². The minimum absolute atomic E-state index is 0.118. The van der Waals surface area contributed by atoms with Gasteiger partial charge in [-0.3, -0.25) is 4.79 Å². The number of benzene rings is 1. The molecule has 1 aliphatic rings. The highest BCUT2D eigenvalue weighted by Gasteiger charge is 2.27. The Labute approximate surface area is 122 Å². The Morgan fingerprint density at radius 3 is 2.50 bits per heavy atom. The topological polar surface area (TPSA) is 41.1 Å². The maximum atomic E-state index is 12.3. The third-order valence-electron chi connectivity index (χ3n) is 4.31. The molecule has 1 atom stereocenters. The Morgan fingerprint density at radius 1 is 1.25 bits per heavy atom. The van der Waals surface area contributed by atoms with Crippen molar-refractivity contribution in [2.45, 2.75) is 40.2 Å². The van der Waals surface area contributed by atoms with Gasteiger partial charge in [0.25, 0.3) is 0 Å². The molecular weight excluding hydrogens is 248 g/mol. The van der Waals surface area contributed by atoms with Gasteiger partial charge in [0.1, 0.15) is 6.04 Å². The standard InChI is InChI=1S/C17H26N2O/c1-11(2)14(12(3)4)10-18-17(20)16-9-13-7-5-6-8-15(13)19-16/h5-8,11-12,14,16,19H,9-10H2,1-4H3,(H,18,20)/t16-/m0/s1. The van der Waals surface area contributed by atoms with E-state index in [4.69, 9.17) is 0 Å². The van der Waals surface area contributed by atoms with Crippen LogP contribution in [0.2, 0.25) is 0 Å². The number of nitrogens with one attached hydrogen (secondary N) is 2. The number of hydrogen-bond donors (Lipinski definition) is 2. The number of rotatable bonds is 5. The largest absolute Gasteiger partial charge is 0.373 e. The number of hydrogen-bond acceptors (Lipinski definition) is 2. The molecule has 0 fully saturated rings. The fourth-order valence-electron chi connectivity index (χ4n) is 3.04. The predicted octanol–water partition coefficient (Wildman–Crippen LogP) is 3.07. The molecule has 2 rings (SSSR count). The average Bonchev–Trinajstić information content (AvgIpc) is 2.81. The summed E-state index contributed by atoms with van der Waals surface area (Å²) in [5, 5.41) is 6.43. The molecule has 0 spiro atoms. The second kappa shape index (κ2) is 6.29. The van der Waals surface area contributed by atoms with E-state index < -0.39 is 0 Å². The molecule has 20 heavy (non-hydrogen) atoms. The first-order valence-corrected chi connectivity index (χ1v) is 7.61. The Morgan fingerprint density at radius 2 is 1.90 bits per heavy atom. The van der Waals surface area contributed by atoms with Crippen LogP contribution in [0.25, 0.3) is 0 Å². The molecule has 0 saturated heterocycles. The molecule has 1 aromatic rings. The van der Waals surface area contributed by atoms with Crippen LogP contribution >= 0.6 is 0 Å². The van der Waals surface area contributed by atoms with Gasteiger partial charge in [-0.05, 0) is 29.4 Å². The normalized spacial score (nSPS) is 17.4. The zero-order valence-electron chi connectivity index (χ0n) is 12.9. The fourth-order valence-corrected chi connectivity index (χ4v) is 3.04. The molecule has 1 amide bonds. The Balaban J connectivity index is 1.88. The number of amides is 1. The van der Waals surface area contributed by atoms with Crippen LogP contribution in [0, 0.1) is 17.8 Å². The molecule has 0 bridgehead atoms. The monoisotopic (exact) mass is 274 g/mol. The van der Waals surface area contributed by atoms with Crippen LogP contribution in [0.1, 0.15) is 33.3 Å². The van der Waals surface area contributed by atoms with Gasteiger partial charge in [-0.2, -0.15) is 0 Å². The van der Waals surface area contributed by atoms with Gasteiger partial charge in [0.15, 0.2) is 0 Å². The minimum Gasteiger partial charge on any atom is -0.373 e. The lowest BCUT2D eigenvalue weighted by molar-refractivity contribution is -0.122. The highest BCUT2D eigenvalue weighted by molar-refractivity contribution is 5.87. The molecule has 3 heteroatoms. The van der Waals surface area contributed by atoms with Gasteiger partial charge in [0, 0.05) is 18.7 Å². The molecule has 0 unspecified atom stereocenters. The Bertz CT molecular complexity index is 435. The summed E-state index contributed by atoms with van der Waals surface area (Å²) in [5.74, 6) is 1.82. The molecular formula is C17H26N2O. The lowest BCUT2D eigenvalue weighted by Crippen LogP contribution is -2.42. The first-order valence-electron chi connectivity index (χ1n) is 7.61. The number of fused-ring (bicyclic) bond motifs is 1. The third-order valence-corrected chi connectivity index (χ3v) is 4.31. The highest BCUT2D eigenvalue weighted by atomic mass is 16.2. The van der Waals surface area contributed by atoms with E-state index in [-0.39, 0.29) is 11.9 Å². The van der Waals surface area contributed by atoms with Crippen molar-refractivity contribution in [2.75, 3.05) is 11.9 Å². The summed E-state index contributed by atoms with van der Waals surface area (Å²) in [6.45, 7) is 9.66. The van der Waals surface area contributed by atoms with Gasteiger partial charge in [-0.1, -0.05) is 45.9 Å². The zero-order valence-corrected chi connectivity index (χ0v) is 12.9. The summed E-state index contributed by atoms with van der Waals surface area (Å²) in [6, 6.07) is 8.02. The summed E-state index contributed by atoms with van der Waals surface area (Å²) in [6.07, 6.45) is 0.788. The van der Waals surface area contributed by atoms with Gasteiger partial charge >= 0.3 is 0 Å². The lowest BCUT2D eigenvalue weighted by atomic mass is 9.85. The van der Waals surface area contributed by atoms with E-state index in [9.17, 15) is 4.79 Å². The van der Waals surface area contributed by atoms with Crippen LogP contribution in [0.3, 0.4) is 0 Å². The van der Waals surface area contributed by atoms with Crippen molar-refractivity contribution in [1.29, 1.82) is 0 Å². The smallest absolute Gasteiger partial charge is 0.242 e.